The summed E-state index contributed by atoms with van der Waals surface area (Å²) in [6.45, 7) is 1.12. The van der Waals surface area contributed by atoms with E-state index in [9.17, 15) is 8.42 Å². The van der Waals surface area contributed by atoms with Gasteiger partial charge in [-0.25, -0.2) is 22.7 Å². The van der Waals surface area contributed by atoms with Gasteiger partial charge in [-0.3, -0.25) is 9.97 Å². The van der Waals surface area contributed by atoms with Gasteiger partial charge in [0.05, 0.1) is 18.1 Å². The lowest BCUT2D eigenvalue weighted by atomic mass is 9.93. The first-order valence-electron chi connectivity index (χ1n) is 8.56. The van der Waals surface area contributed by atoms with Crippen LogP contribution in [-0.2, 0) is 16.4 Å². The summed E-state index contributed by atoms with van der Waals surface area (Å²) < 4.78 is 25.3. The van der Waals surface area contributed by atoms with Gasteiger partial charge in [0.25, 0.3) is 0 Å². The van der Waals surface area contributed by atoms with Crippen molar-refractivity contribution in [1.29, 1.82) is 0 Å². The largest absolute Gasteiger partial charge is 0.345 e. The number of H-pyrrole nitrogens is 1. The van der Waals surface area contributed by atoms with Gasteiger partial charge in [-0.15, -0.1) is 0 Å². The molecule has 0 spiro atoms. The maximum atomic E-state index is 11.8. The molecule has 0 bridgehead atoms. The minimum absolute atomic E-state index is 0.220. The summed E-state index contributed by atoms with van der Waals surface area (Å²) in [5.74, 6) is 0.220. The van der Waals surface area contributed by atoms with Crippen LogP contribution in [-0.4, -0.2) is 57.0 Å². The average Bonchev–Trinajstić information content (AvgIpc) is 3.09. The molecule has 4 heterocycles. The van der Waals surface area contributed by atoms with Gasteiger partial charge in [-0.05, 0) is 31.2 Å². The molecule has 0 unspecified atom stereocenters. The third-order valence-corrected chi connectivity index (χ3v) is 5.98. The zero-order valence-corrected chi connectivity index (χ0v) is 15.3. The Labute approximate surface area is 151 Å². The second-order valence-electron chi connectivity index (χ2n) is 6.65. The number of hydrogen-bond acceptors (Lipinski definition) is 6. The molecule has 26 heavy (non-hydrogen) atoms. The SMILES string of the molecule is CS(=O)(=O)N1CCC[C@H](Cc2nccnc2-c2cnc3[nH]ccc3n2)C1. The number of nitrogens with zero attached hydrogens (tertiary/aromatic N) is 5. The molecule has 0 aliphatic carbocycles. The van der Waals surface area contributed by atoms with Crippen molar-refractivity contribution >= 4 is 21.2 Å². The second kappa shape index (κ2) is 6.73. The highest BCUT2D eigenvalue weighted by atomic mass is 32.2. The van der Waals surface area contributed by atoms with Crippen LogP contribution < -0.4 is 0 Å². The molecule has 1 atom stereocenters. The third-order valence-electron chi connectivity index (χ3n) is 4.71. The summed E-state index contributed by atoms with van der Waals surface area (Å²) in [6.07, 6.45) is 10.6. The van der Waals surface area contributed by atoms with Crippen molar-refractivity contribution in [2.45, 2.75) is 19.3 Å². The minimum Gasteiger partial charge on any atom is -0.345 e. The number of aromatic amines is 1. The Morgan fingerprint density at radius 3 is 2.96 bits per heavy atom. The van der Waals surface area contributed by atoms with Gasteiger partial charge >= 0.3 is 0 Å². The Hall–Kier alpha value is -2.39. The smallest absolute Gasteiger partial charge is 0.211 e. The number of rotatable bonds is 4. The van der Waals surface area contributed by atoms with Crippen molar-refractivity contribution in [3.05, 3.63) is 36.5 Å². The Morgan fingerprint density at radius 2 is 2.12 bits per heavy atom. The summed E-state index contributed by atoms with van der Waals surface area (Å²) in [5, 5.41) is 0. The first kappa shape index (κ1) is 17.0. The molecular weight excluding hydrogens is 352 g/mol. The standard InChI is InChI=1S/C17H20N6O2S/c1-26(24,25)23-8-2-3-12(11-23)9-14-16(19-7-6-18-14)15-10-21-17-13(22-15)4-5-20-17/h4-7,10,12H,2-3,8-9,11H2,1H3,(H,20,21)/t12-/m1/s1. The number of hydrogen-bond donors (Lipinski definition) is 1. The van der Waals surface area contributed by atoms with Crippen LogP contribution >= 0.6 is 0 Å². The number of piperidine rings is 1. The van der Waals surface area contributed by atoms with Crippen LogP contribution in [0.4, 0.5) is 0 Å². The number of sulfonamides is 1. The lowest BCUT2D eigenvalue weighted by Gasteiger charge is -2.30. The highest BCUT2D eigenvalue weighted by molar-refractivity contribution is 7.88. The molecule has 4 rings (SSSR count). The summed E-state index contributed by atoms with van der Waals surface area (Å²) in [6, 6.07) is 1.87. The van der Waals surface area contributed by atoms with Crippen LogP contribution in [0.1, 0.15) is 18.5 Å². The van der Waals surface area contributed by atoms with E-state index in [1.165, 1.54) is 6.26 Å². The summed E-state index contributed by atoms with van der Waals surface area (Å²) in [4.78, 5) is 21.0. The predicted molar refractivity (Wildman–Crippen MR) is 97.8 cm³/mol. The van der Waals surface area contributed by atoms with Crippen LogP contribution in [0.5, 0.6) is 0 Å². The number of aromatic nitrogens is 5. The Balaban J connectivity index is 1.61. The van der Waals surface area contributed by atoms with Crippen molar-refractivity contribution in [2.24, 2.45) is 5.92 Å². The molecule has 0 saturated carbocycles. The van der Waals surface area contributed by atoms with E-state index in [4.69, 9.17) is 0 Å². The van der Waals surface area contributed by atoms with Crippen molar-refractivity contribution < 1.29 is 8.42 Å². The van der Waals surface area contributed by atoms with Gasteiger partial charge in [0.1, 0.15) is 16.9 Å². The third kappa shape index (κ3) is 3.45. The van der Waals surface area contributed by atoms with E-state index < -0.39 is 10.0 Å². The predicted octanol–water partition coefficient (Wildman–Crippen LogP) is 1.63. The van der Waals surface area contributed by atoms with Gasteiger partial charge in [-0.1, -0.05) is 0 Å². The van der Waals surface area contributed by atoms with E-state index in [-0.39, 0.29) is 5.92 Å². The van der Waals surface area contributed by atoms with E-state index in [0.717, 1.165) is 29.7 Å². The van der Waals surface area contributed by atoms with E-state index >= 15 is 0 Å². The van der Waals surface area contributed by atoms with E-state index in [2.05, 4.69) is 24.9 Å². The van der Waals surface area contributed by atoms with Crippen LogP contribution in [0.3, 0.4) is 0 Å². The van der Waals surface area contributed by atoms with Crippen molar-refractivity contribution in [1.82, 2.24) is 29.2 Å². The zero-order chi connectivity index (χ0) is 18.1. The van der Waals surface area contributed by atoms with Gasteiger partial charge in [0.15, 0.2) is 5.65 Å². The van der Waals surface area contributed by atoms with Gasteiger partial charge < -0.3 is 4.98 Å². The Bertz CT molecular complexity index is 1030. The Morgan fingerprint density at radius 1 is 1.27 bits per heavy atom. The van der Waals surface area contributed by atoms with Gasteiger partial charge in [0.2, 0.25) is 10.0 Å². The van der Waals surface area contributed by atoms with Crippen molar-refractivity contribution in [3.63, 3.8) is 0 Å². The molecule has 1 aliphatic rings. The fraction of sp³-hybridized carbons (Fsp3) is 0.412. The average molecular weight is 372 g/mol. The fourth-order valence-corrected chi connectivity index (χ4v) is 4.39. The van der Waals surface area contributed by atoms with Crippen molar-refractivity contribution in [2.75, 3.05) is 19.3 Å². The highest BCUT2D eigenvalue weighted by Crippen LogP contribution is 2.26. The lowest BCUT2D eigenvalue weighted by Crippen LogP contribution is -2.39. The molecule has 9 heteroatoms. The molecular formula is C17H20N6O2S. The van der Waals surface area contributed by atoms with Crippen LogP contribution in [0.2, 0.25) is 0 Å². The second-order valence-corrected chi connectivity index (χ2v) is 8.63. The molecule has 0 aromatic carbocycles. The molecule has 8 nitrogen and oxygen atoms in total. The monoisotopic (exact) mass is 372 g/mol. The lowest BCUT2D eigenvalue weighted by molar-refractivity contribution is 0.265. The molecule has 1 fully saturated rings. The van der Waals surface area contributed by atoms with Crippen LogP contribution in [0.25, 0.3) is 22.6 Å². The topological polar surface area (TPSA) is 105 Å². The summed E-state index contributed by atoms with van der Waals surface area (Å²) >= 11 is 0. The Kier molecular flexibility index (Phi) is 4.41. The first-order valence-corrected chi connectivity index (χ1v) is 10.4. The minimum atomic E-state index is -3.16. The summed E-state index contributed by atoms with van der Waals surface area (Å²) in [5.41, 5.74) is 3.72. The fourth-order valence-electron chi connectivity index (χ4n) is 3.44. The normalized spacial score (nSPS) is 19.0. The molecule has 1 saturated heterocycles. The molecule has 136 valence electrons. The number of fused-ring (bicyclic) bond motifs is 1. The molecule has 3 aromatic heterocycles. The quantitative estimate of drug-likeness (QED) is 0.746. The van der Waals surface area contributed by atoms with Crippen LogP contribution in [0.15, 0.2) is 30.9 Å². The van der Waals surface area contributed by atoms with E-state index in [1.807, 2.05) is 6.07 Å². The molecule has 3 aromatic rings. The zero-order valence-electron chi connectivity index (χ0n) is 14.5. The summed E-state index contributed by atoms with van der Waals surface area (Å²) in [7, 11) is -3.16. The highest BCUT2D eigenvalue weighted by Gasteiger charge is 2.27. The van der Waals surface area contributed by atoms with Gasteiger partial charge in [0, 0.05) is 31.7 Å². The molecule has 1 aliphatic heterocycles. The van der Waals surface area contributed by atoms with E-state index in [0.29, 0.717) is 30.9 Å². The van der Waals surface area contributed by atoms with E-state index in [1.54, 1.807) is 29.1 Å². The molecule has 1 N–H and O–H groups in total. The first-order chi connectivity index (χ1) is 12.5. The van der Waals surface area contributed by atoms with Crippen molar-refractivity contribution in [3.8, 4) is 11.4 Å². The van der Waals surface area contributed by atoms with Gasteiger partial charge in [-0.2, -0.15) is 0 Å². The maximum Gasteiger partial charge on any atom is 0.211 e. The van der Waals surface area contributed by atoms with Crippen LogP contribution in [0, 0.1) is 5.92 Å². The molecule has 0 amide bonds. The molecule has 0 radical (unpaired) electrons. The maximum absolute atomic E-state index is 11.8. The number of nitrogens with one attached hydrogen (secondary N) is 1.